The van der Waals surface area contributed by atoms with Crippen molar-refractivity contribution < 1.29 is 14.3 Å². The lowest BCUT2D eigenvalue weighted by Gasteiger charge is -2.16. The molecular formula is C25H25N5O3S. The number of methoxy groups -OCH3 is 2. The minimum absolute atomic E-state index is 0.0666. The number of hydrogen-bond acceptors (Lipinski definition) is 7. The van der Waals surface area contributed by atoms with Gasteiger partial charge in [0.15, 0.2) is 5.82 Å². The average molecular weight is 476 g/mol. The van der Waals surface area contributed by atoms with Gasteiger partial charge >= 0.3 is 0 Å². The third-order valence-electron chi connectivity index (χ3n) is 5.15. The highest BCUT2D eigenvalue weighted by atomic mass is 32.2. The lowest BCUT2D eigenvalue weighted by atomic mass is 10.1. The van der Waals surface area contributed by atoms with Crippen LogP contribution in [0.2, 0.25) is 0 Å². The van der Waals surface area contributed by atoms with E-state index >= 15 is 0 Å². The van der Waals surface area contributed by atoms with Gasteiger partial charge in [-0.15, -0.1) is 5.10 Å². The molecule has 2 aromatic heterocycles. The second-order valence-corrected chi connectivity index (χ2v) is 8.59. The van der Waals surface area contributed by atoms with Gasteiger partial charge in [-0.25, -0.2) is 4.98 Å². The Hall–Kier alpha value is -3.85. The zero-order valence-electron chi connectivity index (χ0n) is 18.9. The van der Waals surface area contributed by atoms with Crippen LogP contribution in [-0.2, 0) is 11.3 Å². The fraction of sp³-hybridized carbons (Fsp3) is 0.200. The monoisotopic (exact) mass is 475 g/mol. The van der Waals surface area contributed by atoms with Gasteiger partial charge in [-0.3, -0.25) is 14.9 Å². The average Bonchev–Trinajstić information content (AvgIpc) is 3.36. The number of aromatic amines is 1. The molecule has 9 heteroatoms. The number of rotatable bonds is 10. The summed E-state index contributed by atoms with van der Waals surface area (Å²) < 4.78 is 10.5. The molecule has 2 aromatic carbocycles. The molecule has 4 aromatic rings. The van der Waals surface area contributed by atoms with Crippen LogP contribution < -0.4 is 14.8 Å². The van der Waals surface area contributed by atoms with Crippen LogP contribution in [0.1, 0.15) is 22.8 Å². The summed E-state index contributed by atoms with van der Waals surface area (Å²) in [5.74, 6) is 2.12. The summed E-state index contributed by atoms with van der Waals surface area (Å²) in [4.78, 5) is 21.5. The second kappa shape index (κ2) is 11.3. The molecule has 0 fully saturated rings. The topological polar surface area (TPSA) is 102 Å². The quantitative estimate of drug-likeness (QED) is 0.327. The van der Waals surface area contributed by atoms with E-state index in [0.29, 0.717) is 17.5 Å². The normalized spacial score (nSPS) is 11.6. The van der Waals surface area contributed by atoms with Crippen LogP contribution in [0.15, 0.2) is 78.2 Å². The van der Waals surface area contributed by atoms with Crippen molar-refractivity contribution in [3.63, 3.8) is 0 Å². The Bertz CT molecular complexity index is 1200. The summed E-state index contributed by atoms with van der Waals surface area (Å²) in [6.07, 6.45) is 3.72. The van der Waals surface area contributed by atoms with E-state index in [9.17, 15) is 4.79 Å². The van der Waals surface area contributed by atoms with Crippen molar-refractivity contribution in [1.29, 1.82) is 0 Å². The van der Waals surface area contributed by atoms with Crippen LogP contribution >= 0.6 is 11.8 Å². The van der Waals surface area contributed by atoms with E-state index in [1.54, 1.807) is 26.6 Å². The first kappa shape index (κ1) is 23.3. The van der Waals surface area contributed by atoms with E-state index in [1.165, 1.54) is 11.8 Å². The first-order chi connectivity index (χ1) is 16.6. The summed E-state index contributed by atoms with van der Waals surface area (Å²) in [7, 11) is 3.26. The number of pyridine rings is 1. The number of ether oxygens (including phenoxy) is 2. The SMILES string of the molecule is COc1ccc(-c2nc(S[C@@H](CC(=O)NCc3cccnc3)c3ccc(OC)cc3)n[nH]2)cc1. The smallest absolute Gasteiger partial charge is 0.221 e. The first-order valence-electron chi connectivity index (χ1n) is 10.7. The van der Waals surface area contributed by atoms with Crippen LogP contribution in [0, 0.1) is 0 Å². The Morgan fingerprint density at radius 2 is 1.74 bits per heavy atom. The number of H-pyrrole nitrogens is 1. The highest BCUT2D eigenvalue weighted by molar-refractivity contribution is 7.99. The summed E-state index contributed by atoms with van der Waals surface area (Å²) in [5, 5.41) is 10.7. The molecule has 174 valence electrons. The van der Waals surface area contributed by atoms with E-state index in [1.807, 2.05) is 60.7 Å². The van der Waals surface area contributed by atoms with Gasteiger partial charge in [0, 0.05) is 36.2 Å². The molecule has 1 atom stereocenters. The molecule has 0 aliphatic heterocycles. The molecule has 2 heterocycles. The molecule has 0 aliphatic carbocycles. The summed E-state index contributed by atoms with van der Waals surface area (Å²) in [5.41, 5.74) is 2.83. The van der Waals surface area contributed by atoms with Gasteiger partial charge in [0.1, 0.15) is 11.5 Å². The number of nitrogens with zero attached hydrogens (tertiary/aromatic N) is 3. The number of hydrogen-bond donors (Lipinski definition) is 2. The Morgan fingerprint density at radius 1 is 1.03 bits per heavy atom. The third kappa shape index (κ3) is 6.14. The Labute approximate surface area is 202 Å². The predicted molar refractivity (Wildman–Crippen MR) is 131 cm³/mol. The van der Waals surface area contributed by atoms with Crippen molar-refractivity contribution in [2.24, 2.45) is 0 Å². The van der Waals surface area contributed by atoms with Gasteiger partial charge in [-0.05, 0) is 53.6 Å². The molecule has 1 amide bonds. The van der Waals surface area contributed by atoms with E-state index in [2.05, 4.69) is 25.5 Å². The molecule has 0 spiro atoms. The largest absolute Gasteiger partial charge is 0.497 e. The lowest BCUT2D eigenvalue weighted by Crippen LogP contribution is -2.24. The Kier molecular flexibility index (Phi) is 7.77. The van der Waals surface area contributed by atoms with Crippen molar-refractivity contribution in [3.8, 4) is 22.9 Å². The summed E-state index contributed by atoms with van der Waals surface area (Å²) >= 11 is 1.44. The van der Waals surface area contributed by atoms with E-state index in [0.717, 1.165) is 28.2 Å². The fourth-order valence-corrected chi connectivity index (χ4v) is 4.32. The number of nitrogens with one attached hydrogen (secondary N) is 2. The van der Waals surface area contributed by atoms with Crippen molar-refractivity contribution in [2.45, 2.75) is 23.4 Å². The van der Waals surface area contributed by atoms with Crippen LogP contribution in [0.25, 0.3) is 11.4 Å². The number of thioether (sulfide) groups is 1. The minimum atomic E-state index is -0.181. The molecule has 8 nitrogen and oxygen atoms in total. The highest BCUT2D eigenvalue weighted by Gasteiger charge is 2.20. The van der Waals surface area contributed by atoms with Crippen LogP contribution in [0.5, 0.6) is 11.5 Å². The van der Waals surface area contributed by atoms with E-state index in [-0.39, 0.29) is 17.6 Å². The molecule has 0 unspecified atom stereocenters. The fourth-order valence-electron chi connectivity index (χ4n) is 3.29. The summed E-state index contributed by atoms with van der Waals surface area (Å²) in [6.45, 7) is 0.426. The molecule has 0 radical (unpaired) electrons. The number of benzene rings is 2. The molecule has 34 heavy (non-hydrogen) atoms. The van der Waals surface area contributed by atoms with Gasteiger partial charge in [-0.1, -0.05) is 30.0 Å². The van der Waals surface area contributed by atoms with Gasteiger partial charge in [0.2, 0.25) is 11.1 Å². The Balaban J connectivity index is 1.48. The third-order valence-corrected chi connectivity index (χ3v) is 6.26. The highest BCUT2D eigenvalue weighted by Crippen LogP contribution is 2.37. The van der Waals surface area contributed by atoms with Gasteiger partial charge < -0.3 is 14.8 Å². The van der Waals surface area contributed by atoms with Crippen LogP contribution in [0.3, 0.4) is 0 Å². The zero-order chi connectivity index (χ0) is 23.8. The van der Waals surface area contributed by atoms with Crippen molar-refractivity contribution >= 4 is 17.7 Å². The Morgan fingerprint density at radius 3 is 2.38 bits per heavy atom. The maximum Gasteiger partial charge on any atom is 0.221 e. The second-order valence-electron chi connectivity index (χ2n) is 7.42. The molecular weight excluding hydrogens is 450 g/mol. The maximum atomic E-state index is 12.8. The van der Waals surface area contributed by atoms with E-state index in [4.69, 9.17) is 9.47 Å². The standard InChI is InChI=1S/C25H25N5O3S/c1-32-20-9-5-18(6-10-20)22(14-23(31)27-16-17-4-3-13-26-15-17)34-25-28-24(29-30-25)19-7-11-21(33-2)12-8-19/h3-13,15,22H,14,16H2,1-2H3,(H,27,31)(H,28,29,30)/t22-/m0/s1. The predicted octanol–water partition coefficient (Wildman–Crippen LogP) is 4.42. The van der Waals surface area contributed by atoms with E-state index < -0.39 is 0 Å². The molecule has 0 bridgehead atoms. The van der Waals surface area contributed by atoms with Crippen molar-refractivity contribution in [3.05, 3.63) is 84.2 Å². The molecule has 2 N–H and O–H groups in total. The van der Waals surface area contributed by atoms with Crippen molar-refractivity contribution in [2.75, 3.05) is 14.2 Å². The molecule has 4 rings (SSSR count). The number of carbonyl (C=O) groups is 1. The van der Waals surface area contributed by atoms with Crippen LogP contribution in [0.4, 0.5) is 0 Å². The summed E-state index contributed by atoms with van der Waals surface area (Å²) in [6, 6.07) is 19.0. The molecule has 0 saturated heterocycles. The zero-order valence-corrected chi connectivity index (χ0v) is 19.7. The van der Waals surface area contributed by atoms with Gasteiger partial charge in [0.25, 0.3) is 0 Å². The number of carbonyl (C=O) groups excluding carboxylic acids is 1. The minimum Gasteiger partial charge on any atom is -0.497 e. The number of amides is 1. The lowest BCUT2D eigenvalue weighted by molar-refractivity contribution is -0.121. The molecule has 0 saturated carbocycles. The van der Waals surface area contributed by atoms with Crippen LogP contribution in [-0.4, -0.2) is 40.3 Å². The molecule has 0 aliphatic rings. The first-order valence-corrected chi connectivity index (χ1v) is 11.6. The number of aromatic nitrogens is 4. The maximum absolute atomic E-state index is 12.8. The van der Waals surface area contributed by atoms with Crippen molar-refractivity contribution in [1.82, 2.24) is 25.5 Å². The van der Waals surface area contributed by atoms with Gasteiger partial charge in [0.05, 0.1) is 14.2 Å². The van der Waals surface area contributed by atoms with Gasteiger partial charge in [-0.2, -0.15) is 0 Å².